The summed E-state index contributed by atoms with van der Waals surface area (Å²) in [4.78, 5) is 0. The standard InChI is InChI=1S/C15H18ClFO2S/c16-13-11(2-1-3-12(13)17)14(18)10-4-6-19-15(8-10)5-7-20-9-15/h1-3,10,14,18H,4-9H2. The molecule has 2 aliphatic rings. The Hall–Kier alpha value is -0.290. The first kappa shape index (κ1) is 14.6. The van der Waals surface area contributed by atoms with Gasteiger partial charge in [-0.25, -0.2) is 4.39 Å². The summed E-state index contributed by atoms with van der Waals surface area (Å²) in [6.07, 6.45) is 1.94. The molecule has 2 aliphatic heterocycles. The lowest BCUT2D eigenvalue weighted by Gasteiger charge is -2.39. The van der Waals surface area contributed by atoms with Crippen molar-refractivity contribution in [3.05, 3.63) is 34.6 Å². The highest BCUT2D eigenvalue weighted by molar-refractivity contribution is 7.99. The molecule has 3 unspecified atom stereocenters. The number of rotatable bonds is 2. The van der Waals surface area contributed by atoms with E-state index in [0.29, 0.717) is 12.2 Å². The van der Waals surface area contributed by atoms with Crippen LogP contribution < -0.4 is 0 Å². The fourth-order valence-corrected chi connectivity index (χ4v) is 4.82. The lowest BCUT2D eigenvalue weighted by atomic mass is 9.80. The van der Waals surface area contributed by atoms with Gasteiger partial charge in [0.1, 0.15) is 5.82 Å². The zero-order valence-corrected chi connectivity index (χ0v) is 12.7. The van der Waals surface area contributed by atoms with Gasteiger partial charge in [0.15, 0.2) is 0 Å². The van der Waals surface area contributed by atoms with Gasteiger partial charge >= 0.3 is 0 Å². The smallest absolute Gasteiger partial charge is 0.142 e. The molecule has 1 aromatic carbocycles. The van der Waals surface area contributed by atoms with Crippen molar-refractivity contribution in [3.8, 4) is 0 Å². The number of aliphatic hydroxyl groups is 1. The molecule has 0 radical (unpaired) electrons. The lowest BCUT2D eigenvalue weighted by molar-refractivity contribution is -0.102. The number of hydrogen-bond donors (Lipinski definition) is 1. The van der Waals surface area contributed by atoms with Crippen LogP contribution in [0.1, 0.15) is 30.9 Å². The zero-order valence-electron chi connectivity index (χ0n) is 11.1. The quantitative estimate of drug-likeness (QED) is 0.899. The average molecular weight is 317 g/mol. The van der Waals surface area contributed by atoms with Gasteiger partial charge in [0.25, 0.3) is 0 Å². The third-order valence-electron chi connectivity index (χ3n) is 4.34. The molecule has 0 saturated carbocycles. The SMILES string of the molecule is OC(c1cccc(F)c1Cl)C1CCOC2(CCSC2)C1. The molecule has 1 spiro atoms. The first-order chi connectivity index (χ1) is 9.61. The van der Waals surface area contributed by atoms with Crippen LogP contribution in [0.4, 0.5) is 4.39 Å². The number of benzene rings is 1. The van der Waals surface area contributed by atoms with E-state index in [2.05, 4.69) is 0 Å². The summed E-state index contributed by atoms with van der Waals surface area (Å²) in [5.41, 5.74) is 0.410. The minimum Gasteiger partial charge on any atom is -0.388 e. The second-order valence-electron chi connectivity index (χ2n) is 5.67. The fourth-order valence-electron chi connectivity index (χ4n) is 3.20. The van der Waals surface area contributed by atoms with Gasteiger partial charge < -0.3 is 9.84 Å². The molecule has 5 heteroatoms. The molecule has 2 saturated heterocycles. The van der Waals surface area contributed by atoms with Crippen LogP contribution in [0.3, 0.4) is 0 Å². The largest absolute Gasteiger partial charge is 0.388 e. The second-order valence-corrected chi connectivity index (χ2v) is 7.16. The minimum atomic E-state index is -0.718. The molecule has 0 bridgehead atoms. The van der Waals surface area contributed by atoms with Gasteiger partial charge in [0, 0.05) is 17.9 Å². The predicted molar refractivity (Wildman–Crippen MR) is 79.7 cm³/mol. The number of aliphatic hydroxyl groups excluding tert-OH is 1. The van der Waals surface area contributed by atoms with Gasteiger partial charge in [-0.2, -0.15) is 11.8 Å². The summed E-state index contributed by atoms with van der Waals surface area (Å²) in [6, 6.07) is 4.62. The van der Waals surface area contributed by atoms with Crippen molar-refractivity contribution in [3.63, 3.8) is 0 Å². The topological polar surface area (TPSA) is 29.5 Å². The van der Waals surface area contributed by atoms with E-state index in [-0.39, 0.29) is 16.5 Å². The highest BCUT2D eigenvalue weighted by Crippen LogP contribution is 2.44. The van der Waals surface area contributed by atoms with E-state index in [1.54, 1.807) is 12.1 Å². The zero-order chi connectivity index (χ0) is 14.2. The van der Waals surface area contributed by atoms with Crippen molar-refractivity contribution in [2.45, 2.75) is 31.0 Å². The number of thioether (sulfide) groups is 1. The van der Waals surface area contributed by atoms with Gasteiger partial charge in [0.05, 0.1) is 16.7 Å². The Labute approximate surface area is 127 Å². The maximum absolute atomic E-state index is 13.5. The molecule has 20 heavy (non-hydrogen) atoms. The summed E-state index contributed by atoms with van der Waals surface area (Å²) in [5.74, 6) is 1.72. The van der Waals surface area contributed by atoms with Crippen molar-refractivity contribution in [2.75, 3.05) is 18.1 Å². The molecule has 3 rings (SSSR count). The highest BCUT2D eigenvalue weighted by atomic mass is 35.5. The van der Waals surface area contributed by atoms with Gasteiger partial charge in [-0.05, 0) is 37.0 Å². The highest BCUT2D eigenvalue weighted by Gasteiger charge is 2.42. The summed E-state index contributed by atoms with van der Waals surface area (Å²) in [7, 11) is 0. The third-order valence-corrected chi connectivity index (χ3v) is 5.97. The van der Waals surface area contributed by atoms with E-state index in [1.807, 2.05) is 11.8 Å². The van der Waals surface area contributed by atoms with Crippen LogP contribution in [0.15, 0.2) is 18.2 Å². The van der Waals surface area contributed by atoms with Crippen LogP contribution in [-0.2, 0) is 4.74 Å². The number of ether oxygens (including phenoxy) is 1. The molecule has 2 heterocycles. The third kappa shape index (κ3) is 2.71. The van der Waals surface area contributed by atoms with Crippen LogP contribution in [0.2, 0.25) is 5.02 Å². The van der Waals surface area contributed by atoms with Gasteiger partial charge in [-0.15, -0.1) is 0 Å². The van der Waals surface area contributed by atoms with Crippen molar-refractivity contribution >= 4 is 23.4 Å². The van der Waals surface area contributed by atoms with Gasteiger partial charge in [0.2, 0.25) is 0 Å². The Morgan fingerprint density at radius 3 is 3.10 bits per heavy atom. The van der Waals surface area contributed by atoms with E-state index in [9.17, 15) is 9.50 Å². The first-order valence-corrected chi connectivity index (χ1v) is 8.48. The molecule has 0 aromatic heterocycles. The van der Waals surface area contributed by atoms with Crippen molar-refractivity contribution in [1.29, 1.82) is 0 Å². The lowest BCUT2D eigenvalue weighted by Crippen LogP contribution is -2.41. The molecule has 0 amide bonds. The molecule has 2 fully saturated rings. The van der Waals surface area contributed by atoms with Crippen LogP contribution in [0, 0.1) is 11.7 Å². The molecule has 0 aliphatic carbocycles. The molecule has 1 N–H and O–H groups in total. The second kappa shape index (κ2) is 5.84. The van der Waals surface area contributed by atoms with Crippen LogP contribution in [-0.4, -0.2) is 28.8 Å². The Balaban J connectivity index is 1.79. The monoisotopic (exact) mass is 316 g/mol. The normalized spacial score (nSPS) is 31.6. The molecule has 110 valence electrons. The van der Waals surface area contributed by atoms with E-state index >= 15 is 0 Å². The summed E-state index contributed by atoms with van der Waals surface area (Å²) in [5, 5.41) is 10.6. The maximum atomic E-state index is 13.5. The molecular weight excluding hydrogens is 299 g/mol. The van der Waals surface area contributed by atoms with E-state index in [4.69, 9.17) is 16.3 Å². The first-order valence-electron chi connectivity index (χ1n) is 6.95. The Kier molecular flexibility index (Phi) is 4.27. The van der Waals surface area contributed by atoms with E-state index in [0.717, 1.165) is 30.8 Å². The summed E-state index contributed by atoms with van der Waals surface area (Å²) in [6.45, 7) is 0.662. The van der Waals surface area contributed by atoms with Crippen LogP contribution in [0.25, 0.3) is 0 Å². The Morgan fingerprint density at radius 2 is 2.35 bits per heavy atom. The predicted octanol–water partition coefficient (Wildman–Crippen LogP) is 3.81. The number of halogens is 2. The van der Waals surface area contributed by atoms with Crippen LogP contribution >= 0.6 is 23.4 Å². The van der Waals surface area contributed by atoms with Crippen molar-refractivity contribution in [1.82, 2.24) is 0 Å². The Morgan fingerprint density at radius 1 is 1.50 bits per heavy atom. The van der Waals surface area contributed by atoms with E-state index < -0.39 is 11.9 Å². The maximum Gasteiger partial charge on any atom is 0.142 e. The van der Waals surface area contributed by atoms with Crippen molar-refractivity contribution < 1.29 is 14.2 Å². The number of hydrogen-bond acceptors (Lipinski definition) is 3. The summed E-state index contributed by atoms with van der Waals surface area (Å²) < 4.78 is 19.5. The summed E-state index contributed by atoms with van der Waals surface area (Å²) >= 11 is 7.89. The fraction of sp³-hybridized carbons (Fsp3) is 0.600. The Bertz CT molecular complexity index is 491. The van der Waals surface area contributed by atoms with Gasteiger partial charge in [-0.1, -0.05) is 23.7 Å². The van der Waals surface area contributed by atoms with Gasteiger partial charge in [-0.3, -0.25) is 0 Å². The molecule has 3 atom stereocenters. The molecular formula is C15H18ClFO2S. The molecule has 2 nitrogen and oxygen atoms in total. The minimum absolute atomic E-state index is 0.0429. The van der Waals surface area contributed by atoms with Crippen LogP contribution in [0.5, 0.6) is 0 Å². The van der Waals surface area contributed by atoms with E-state index in [1.165, 1.54) is 6.07 Å². The average Bonchev–Trinajstić information content (AvgIpc) is 2.89. The molecule has 1 aromatic rings. The van der Waals surface area contributed by atoms with Crippen molar-refractivity contribution in [2.24, 2.45) is 5.92 Å².